The first-order valence-electron chi connectivity index (χ1n) is 15.0. The highest BCUT2D eigenvalue weighted by Crippen LogP contribution is 2.43. The largest absolute Gasteiger partial charge is 0.333 e. The molecule has 3 aromatic rings. The van der Waals surface area contributed by atoms with Gasteiger partial charge in [0.05, 0.1) is 16.4 Å². The van der Waals surface area contributed by atoms with E-state index in [2.05, 4.69) is 58.4 Å². The maximum atomic E-state index is 13.4. The molecule has 0 aromatic heterocycles. The number of rotatable bonds is 7. The average molecular weight is 557 g/mol. The third-order valence-corrected chi connectivity index (χ3v) is 9.46. The zero-order chi connectivity index (χ0) is 27.6. The molecule has 210 valence electrons. The summed E-state index contributed by atoms with van der Waals surface area (Å²) in [5, 5.41) is 3.71. The van der Waals surface area contributed by atoms with Gasteiger partial charge < -0.3 is 10.2 Å². The number of para-hydroxylation sites is 1. The van der Waals surface area contributed by atoms with Crippen molar-refractivity contribution in [3.8, 4) is 11.1 Å². The molecule has 3 heterocycles. The molecule has 0 saturated carbocycles. The molecule has 0 spiro atoms. The van der Waals surface area contributed by atoms with Gasteiger partial charge in [-0.25, -0.2) is 4.79 Å². The van der Waals surface area contributed by atoms with Crippen LogP contribution in [0.5, 0.6) is 0 Å². The minimum atomic E-state index is -0.129. The lowest BCUT2D eigenvalue weighted by molar-refractivity contribution is 0.162. The quantitative estimate of drug-likeness (QED) is 0.324. The first kappa shape index (κ1) is 27.3. The molecular weight excluding hydrogens is 516 g/mol. The van der Waals surface area contributed by atoms with Crippen LogP contribution in [0.25, 0.3) is 11.1 Å². The number of fused-ring (bicyclic) bond motifs is 1. The fourth-order valence-corrected chi connectivity index (χ4v) is 7.16. The van der Waals surface area contributed by atoms with Crippen molar-refractivity contribution >= 4 is 29.0 Å². The molecule has 6 rings (SSSR count). The van der Waals surface area contributed by atoms with E-state index >= 15 is 0 Å². The molecule has 0 bridgehead atoms. The Bertz CT molecular complexity index is 1350. The van der Waals surface area contributed by atoms with Gasteiger partial charge in [0.15, 0.2) is 0 Å². The predicted molar refractivity (Wildman–Crippen MR) is 165 cm³/mol. The number of carbonyl (C=O) groups is 1. The van der Waals surface area contributed by atoms with Crippen molar-refractivity contribution in [2.75, 3.05) is 37.6 Å². The van der Waals surface area contributed by atoms with Crippen LogP contribution in [0.1, 0.15) is 54.4 Å². The predicted octanol–water partition coefficient (Wildman–Crippen LogP) is 7.68. The number of hydrogen-bond donors (Lipinski definition) is 1. The van der Waals surface area contributed by atoms with Gasteiger partial charge in [-0.05, 0) is 131 Å². The van der Waals surface area contributed by atoms with E-state index in [0.29, 0.717) is 11.6 Å². The van der Waals surface area contributed by atoms with Crippen molar-refractivity contribution < 1.29 is 4.79 Å². The molecule has 2 saturated heterocycles. The van der Waals surface area contributed by atoms with Crippen LogP contribution in [-0.4, -0.2) is 48.6 Å². The fourth-order valence-electron chi connectivity index (χ4n) is 6.85. The Morgan fingerprint density at radius 1 is 0.875 bits per heavy atom. The fraction of sp³-hybridized carbons (Fsp3) is 0.441. The summed E-state index contributed by atoms with van der Waals surface area (Å²) in [6, 6.07) is 18.8. The first-order valence-corrected chi connectivity index (χ1v) is 15.4. The maximum absolute atomic E-state index is 13.4. The van der Waals surface area contributed by atoms with Gasteiger partial charge in [0.2, 0.25) is 0 Å². The number of hydrogen-bond acceptors (Lipinski definition) is 3. The normalized spacial score (nSPS) is 18.7. The number of nitrogens with one attached hydrogen (secondary N) is 1. The summed E-state index contributed by atoms with van der Waals surface area (Å²) < 4.78 is 0. The molecule has 3 aliphatic rings. The van der Waals surface area contributed by atoms with Crippen molar-refractivity contribution in [3.63, 3.8) is 0 Å². The molecule has 3 aromatic carbocycles. The Morgan fingerprint density at radius 2 is 1.62 bits per heavy atom. The van der Waals surface area contributed by atoms with Crippen LogP contribution in [0.3, 0.4) is 0 Å². The molecule has 2 fully saturated rings. The van der Waals surface area contributed by atoms with Crippen molar-refractivity contribution in [3.05, 3.63) is 81.9 Å². The Morgan fingerprint density at radius 3 is 2.38 bits per heavy atom. The van der Waals surface area contributed by atoms with Gasteiger partial charge in [0.1, 0.15) is 0 Å². The van der Waals surface area contributed by atoms with Gasteiger partial charge in [-0.1, -0.05) is 48.0 Å². The third-order valence-electron chi connectivity index (χ3n) is 9.16. The van der Waals surface area contributed by atoms with Crippen LogP contribution in [0.15, 0.2) is 54.6 Å². The van der Waals surface area contributed by atoms with Crippen molar-refractivity contribution in [2.24, 2.45) is 5.92 Å². The molecule has 1 N–H and O–H groups in total. The van der Waals surface area contributed by atoms with Crippen molar-refractivity contribution in [1.82, 2.24) is 15.1 Å². The lowest BCUT2D eigenvalue weighted by Gasteiger charge is -2.35. The maximum Gasteiger partial charge on any atom is 0.326 e. The van der Waals surface area contributed by atoms with Gasteiger partial charge >= 0.3 is 6.03 Å². The first-order chi connectivity index (χ1) is 19.5. The van der Waals surface area contributed by atoms with Crippen molar-refractivity contribution in [2.45, 2.75) is 59.0 Å². The molecule has 3 aliphatic heterocycles. The number of anilines is 2. The number of amides is 2. The monoisotopic (exact) mass is 556 g/mol. The van der Waals surface area contributed by atoms with Crippen LogP contribution in [0.4, 0.5) is 16.2 Å². The van der Waals surface area contributed by atoms with Crippen LogP contribution >= 0.6 is 11.6 Å². The van der Waals surface area contributed by atoms with E-state index in [9.17, 15) is 4.79 Å². The molecule has 40 heavy (non-hydrogen) atoms. The highest BCUT2D eigenvalue weighted by Gasteiger charge is 2.31. The summed E-state index contributed by atoms with van der Waals surface area (Å²) >= 11 is 6.72. The highest BCUT2D eigenvalue weighted by molar-refractivity contribution is 6.34. The SMILES string of the molecule is Cc1ccccc1-c1cc(CN2CCC(CCN3CCCC3)CC2)cc2c1CNC(=O)N2c1c(C)cccc1Cl. The summed E-state index contributed by atoms with van der Waals surface area (Å²) in [5.41, 5.74) is 8.71. The molecular formula is C34H41ClN4O. The van der Waals surface area contributed by atoms with E-state index in [0.717, 1.165) is 48.1 Å². The number of aryl methyl sites for hydroxylation is 2. The lowest BCUT2D eigenvalue weighted by Crippen LogP contribution is -2.42. The van der Waals surface area contributed by atoms with Gasteiger partial charge in [-0.2, -0.15) is 0 Å². The average Bonchev–Trinajstić information content (AvgIpc) is 3.47. The second-order valence-electron chi connectivity index (χ2n) is 11.9. The number of nitrogens with zero attached hydrogens (tertiary/aromatic N) is 3. The number of urea groups is 1. The zero-order valence-electron chi connectivity index (χ0n) is 23.9. The van der Waals surface area contributed by atoms with Crippen LogP contribution in [0, 0.1) is 19.8 Å². The van der Waals surface area contributed by atoms with E-state index < -0.39 is 0 Å². The molecule has 0 aliphatic carbocycles. The molecule has 0 unspecified atom stereocenters. The number of benzene rings is 3. The van der Waals surface area contributed by atoms with Gasteiger partial charge in [0.25, 0.3) is 0 Å². The Kier molecular flexibility index (Phi) is 8.15. The Balaban J connectivity index is 1.30. The van der Waals surface area contributed by atoms with E-state index in [1.54, 1.807) is 4.90 Å². The summed E-state index contributed by atoms with van der Waals surface area (Å²) in [7, 11) is 0. The third kappa shape index (κ3) is 5.65. The van der Waals surface area contributed by atoms with E-state index in [1.165, 1.54) is 74.0 Å². The number of likely N-dealkylation sites (tertiary alicyclic amines) is 2. The van der Waals surface area contributed by atoms with Crippen LogP contribution in [-0.2, 0) is 13.1 Å². The minimum Gasteiger partial charge on any atom is -0.333 e. The van der Waals surface area contributed by atoms with Gasteiger partial charge in [0, 0.05) is 18.7 Å². The topological polar surface area (TPSA) is 38.8 Å². The van der Waals surface area contributed by atoms with E-state index in [1.807, 2.05) is 25.1 Å². The number of carbonyl (C=O) groups excluding carboxylic acids is 1. The zero-order valence-corrected chi connectivity index (χ0v) is 24.6. The Labute approximate surface area is 244 Å². The second kappa shape index (κ2) is 11.9. The Hall–Kier alpha value is -2.86. The summed E-state index contributed by atoms with van der Waals surface area (Å²) in [5.74, 6) is 0.838. The molecule has 5 nitrogen and oxygen atoms in total. The van der Waals surface area contributed by atoms with Crippen LogP contribution in [0.2, 0.25) is 5.02 Å². The number of piperidine rings is 1. The lowest BCUT2D eigenvalue weighted by atomic mass is 9.90. The summed E-state index contributed by atoms with van der Waals surface area (Å²) in [6.45, 7) is 11.7. The molecule has 0 atom stereocenters. The molecule has 0 radical (unpaired) electrons. The summed E-state index contributed by atoms with van der Waals surface area (Å²) in [4.78, 5) is 20.5. The van der Waals surface area contributed by atoms with Crippen molar-refractivity contribution in [1.29, 1.82) is 0 Å². The number of halogens is 1. The van der Waals surface area contributed by atoms with E-state index in [-0.39, 0.29) is 6.03 Å². The van der Waals surface area contributed by atoms with Crippen LogP contribution < -0.4 is 10.2 Å². The van der Waals surface area contributed by atoms with Gasteiger partial charge in [-0.15, -0.1) is 0 Å². The van der Waals surface area contributed by atoms with Gasteiger partial charge in [-0.3, -0.25) is 9.80 Å². The highest BCUT2D eigenvalue weighted by atomic mass is 35.5. The molecule has 2 amide bonds. The summed E-state index contributed by atoms with van der Waals surface area (Å²) in [6.07, 6.45) is 6.64. The minimum absolute atomic E-state index is 0.129. The smallest absolute Gasteiger partial charge is 0.326 e. The van der Waals surface area contributed by atoms with E-state index in [4.69, 9.17) is 11.6 Å². The standard InChI is InChI=1S/C34H41ClN4O/c1-24-8-3-4-10-28(24)29-20-27(23-38-18-13-26(14-19-38)12-17-37-15-5-6-16-37)21-32-30(29)22-36-34(40)39(32)33-25(2)9-7-11-31(33)35/h3-4,7-11,20-21,26H,5-6,12-19,22-23H2,1-2H3,(H,36,40). The molecule has 6 heteroatoms. The second-order valence-corrected chi connectivity index (χ2v) is 12.3.